The minimum atomic E-state index is -0.478. The second-order valence-corrected chi connectivity index (χ2v) is 3.17. The van der Waals surface area contributed by atoms with Crippen LogP contribution in [0.4, 0.5) is 0 Å². The molecule has 0 aromatic rings. The first-order valence-corrected chi connectivity index (χ1v) is 3.38. The van der Waals surface area contributed by atoms with Crippen LogP contribution in [-0.2, 0) is 4.74 Å². The Labute approximate surface area is 55.8 Å². The SMILES string of the molecule is COCC1(O)CC(C)C1. The van der Waals surface area contributed by atoms with E-state index in [1.165, 1.54) is 0 Å². The third-order valence-electron chi connectivity index (χ3n) is 1.87. The summed E-state index contributed by atoms with van der Waals surface area (Å²) >= 11 is 0. The lowest BCUT2D eigenvalue weighted by atomic mass is 9.72. The average Bonchev–Trinajstić information content (AvgIpc) is 1.62. The van der Waals surface area contributed by atoms with Gasteiger partial charge in [-0.1, -0.05) is 6.92 Å². The molecule has 0 spiro atoms. The number of methoxy groups -OCH3 is 1. The maximum Gasteiger partial charge on any atom is 0.0885 e. The zero-order valence-electron chi connectivity index (χ0n) is 6.05. The Morgan fingerprint density at radius 3 is 2.56 bits per heavy atom. The first-order chi connectivity index (χ1) is 4.16. The summed E-state index contributed by atoms with van der Waals surface area (Å²) in [6.45, 7) is 2.64. The molecule has 2 heteroatoms. The third kappa shape index (κ3) is 1.43. The van der Waals surface area contributed by atoms with Crippen LogP contribution in [0.5, 0.6) is 0 Å². The fourth-order valence-corrected chi connectivity index (χ4v) is 1.62. The topological polar surface area (TPSA) is 29.5 Å². The largest absolute Gasteiger partial charge is 0.387 e. The second-order valence-electron chi connectivity index (χ2n) is 3.17. The van der Waals surface area contributed by atoms with E-state index in [9.17, 15) is 5.11 Å². The first kappa shape index (κ1) is 7.03. The molecule has 0 amide bonds. The van der Waals surface area contributed by atoms with E-state index in [4.69, 9.17) is 4.74 Å². The molecule has 0 atom stereocenters. The summed E-state index contributed by atoms with van der Waals surface area (Å²) in [7, 11) is 1.63. The molecule has 2 nitrogen and oxygen atoms in total. The Morgan fingerprint density at radius 2 is 2.22 bits per heavy atom. The van der Waals surface area contributed by atoms with Crippen molar-refractivity contribution in [2.24, 2.45) is 5.92 Å². The van der Waals surface area contributed by atoms with Gasteiger partial charge in [-0.15, -0.1) is 0 Å². The van der Waals surface area contributed by atoms with Gasteiger partial charge in [-0.3, -0.25) is 0 Å². The molecule has 54 valence electrons. The van der Waals surface area contributed by atoms with Gasteiger partial charge in [-0.25, -0.2) is 0 Å². The highest BCUT2D eigenvalue weighted by atomic mass is 16.5. The van der Waals surface area contributed by atoms with Crippen LogP contribution in [0.2, 0.25) is 0 Å². The molecule has 0 aromatic carbocycles. The van der Waals surface area contributed by atoms with Gasteiger partial charge in [0.1, 0.15) is 0 Å². The van der Waals surface area contributed by atoms with Gasteiger partial charge in [0.25, 0.3) is 0 Å². The van der Waals surface area contributed by atoms with Gasteiger partial charge >= 0.3 is 0 Å². The van der Waals surface area contributed by atoms with E-state index in [2.05, 4.69) is 6.92 Å². The molecule has 9 heavy (non-hydrogen) atoms. The molecule has 1 N–H and O–H groups in total. The van der Waals surface area contributed by atoms with Gasteiger partial charge in [0.2, 0.25) is 0 Å². The van der Waals surface area contributed by atoms with Crippen LogP contribution < -0.4 is 0 Å². The van der Waals surface area contributed by atoms with Crippen molar-refractivity contribution in [3.8, 4) is 0 Å². The molecule has 1 rings (SSSR count). The fraction of sp³-hybridized carbons (Fsp3) is 1.00. The Bertz CT molecular complexity index is 89.6. The quantitative estimate of drug-likeness (QED) is 0.599. The summed E-state index contributed by atoms with van der Waals surface area (Å²) in [5, 5.41) is 9.46. The summed E-state index contributed by atoms with van der Waals surface area (Å²) in [6.07, 6.45) is 1.81. The summed E-state index contributed by atoms with van der Waals surface area (Å²) in [5.74, 6) is 0.685. The van der Waals surface area contributed by atoms with Crippen molar-refractivity contribution in [3.63, 3.8) is 0 Å². The normalized spacial score (nSPS) is 42.3. The molecule has 1 saturated carbocycles. The Morgan fingerprint density at radius 1 is 1.67 bits per heavy atom. The van der Waals surface area contributed by atoms with Crippen LogP contribution in [0.3, 0.4) is 0 Å². The zero-order chi connectivity index (χ0) is 6.91. The highest BCUT2D eigenvalue weighted by molar-refractivity contribution is 4.91. The van der Waals surface area contributed by atoms with Crippen LogP contribution >= 0.6 is 0 Å². The lowest BCUT2D eigenvalue weighted by molar-refractivity contribution is -0.111. The predicted octanol–water partition coefficient (Wildman–Crippen LogP) is 0.794. The monoisotopic (exact) mass is 130 g/mol. The van der Waals surface area contributed by atoms with Crippen molar-refractivity contribution < 1.29 is 9.84 Å². The first-order valence-electron chi connectivity index (χ1n) is 3.38. The predicted molar refractivity (Wildman–Crippen MR) is 35.2 cm³/mol. The van der Waals surface area contributed by atoms with Crippen LogP contribution in [-0.4, -0.2) is 24.4 Å². The lowest BCUT2D eigenvalue weighted by Gasteiger charge is -2.41. The zero-order valence-corrected chi connectivity index (χ0v) is 6.05. The molecule has 0 saturated heterocycles. The van der Waals surface area contributed by atoms with Crippen molar-refractivity contribution in [1.29, 1.82) is 0 Å². The molecule has 0 bridgehead atoms. The molecule has 0 unspecified atom stereocenters. The summed E-state index contributed by atoms with van der Waals surface area (Å²) < 4.78 is 4.85. The van der Waals surface area contributed by atoms with E-state index in [1.807, 2.05) is 0 Å². The average molecular weight is 130 g/mol. The van der Waals surface area contributed by atoms with Crippen LogP contribution in [0.25, 0.3) is 0 Å². The van der Waals surface area contributed by atoms with E-state index >= 15 is 0 Å². The fourth-order valence-electron chi connectivity index (χ4n) is 1.62. The smallest absolute Gasteiger partial charge is 0.0885 e. The van der Waals surface area contributed by atoms with Gasteiger partial charge in [0.15, 0.2) is 0 Å². The number of ether oxygens (including phenoxy) is 1. The van der Waals surface area contributed by atoms with E-state index in [0.29, 0.717) is 12.5 Å². The standard InChI is InChI=1S/C7H14O2/c1-6-3-7(8,4-6)5-9-2/h6,8H,3-5H2,1-2H3. The minimum absolute atomic E-state index is 0.478. The number of hydrogen-bond acceptors (Lipinski definition) is 2. The second kappa shape index (κ2) is 2.27. The highest BCUT2D eigenvalue weighted by Gasteiger charge is 2.39. The van der Waals surface area contributed by atoms with Gasteiger partial charge < -0.3 is 9.84 Å². The Balaban J connectivity index is 2.23. The number of aliphatic hydroxyl groups is 1. The maximum atomic E-state index is 9.46. The van der Waals surface area contributed by atoms with E-state index < -0.39 is 5.60 Å². The summed E-state index contributed by atoms with van der Waals surface area (Å²) in [6, 6.07) is 0. The van der Waals surface area contributed by atoms with Crippen molar-refractivity contribution >= 4 is 0 Å². The van der Waals surface area contributed by atoms with E-state index in [1.54, 1.807) is 7.11 Å². The van der Waals surface area contributed by atoms with Crippen LogP contribution in [0.1, 0.15) is 19.8 Å². The highest BCUT2D eigenvalue weighted by Crippen LogP contribution is 2.37. The Hall–Kier alpha value is -0.0800. The molecule has 0 aliphatic heterocycles. The van der Waals surface area contributed by atoms with Gasteiger partial charge in [-0.2, -0.15) is 0 Å². The Kier molecular flexibility index (Phi) is 1.78. The molecule has 1 aliphatic rings. The molecular formula is C7H14O2. The number of hydrogen-bond donors (Lipinski definition) is 1. The minimum Gasteiger partial charge on any atom is -0.387 e. The molecule has 1 fully saturated rings. The van der Waals surface area contributed by atoms with Gasteiger partial charge in [0, 0.05) is 7.11 Å². The lowest BCUT2D eigenvalue weighted by Crippen LogP contribution is -2.46. The maximum absolute atomic E-state index is 9.46. The molecule has 0 heterocycles. The molecule has 0 radical (unpaired) electrons. The van der Waals surface area contributed by atoms with Crippen molar-refractivity contribution in [2.45, 2.75) is 25.4 Å². The van der Waals surface area contributed by atoms with E-state index in [0.717, 1.165) is 12.8 Å². The summed E-state index contributed by atoms with van der Waals surface area (Å²) in [5.41, 5.74) is -0.478. The van der Waals surface area contributed by atoms with Crippen LogP contribution in [0, 0.1) is 5.92 Å². The van der Waals surface area contributed by atoms with Crippen molar-refractivity contribution in [3.05, 3.63) is 0 Å². The van der Waals surface area contributed by atoms with Gasteiger partial charge in [-0.05, 0) is 18.8 Å². The third-order valence-corrected chi connectivity index (χ3v) is 1.87. The molecule has 1 aliphatic carbocycles. The molecular weight excluding hydrogens is 116 g/mol. The van der Waals surface area contributed by atoms with Crippen molar-refractivity contribution in [1.82, 2.24) is 0 Å². The van der Waals surface area contributed by atoms with Crippen molar-refractivity contribution in [2.75, 3.05) is 13.7 Å². The molecule has 0 aromatic heterocycles. The van der Waals surface area contributed by atoms with E-state index in [-0.39, 0.29) is 0 Å². The summed E-state index contributed by atoms with van der Waals surface area (Å²) in [4.78, 5) is 0. The van der Waals surface area contributed by atoms with Crippen LogP contribution in [0.15, 0.2) is 0 Å². The number of rotatable bonds is 2. The van der Waals surface area contributed by atoms with Gasteiger partial charge in [0.05, 0.1) is 12.2 Å².